The highest BCUT2D eigenvalue weighted by Crippen LogP contribution is 2.37. The predicted octanol–water partition coefficient (Wildman–Crippen LogP) is 2.81. The zero-order valence-corrected chi connectivity index (χ0v) is 6.25. The average molecular weight is 248 g/mol. The molecule has 3 nitrogen and oxygen atoms in total. The van der Waals surface area contributed by atoms with E-state index in [1.54, 1.807) is 0 Å². The molecule has 0 aliphatic carbocycles. The summed E-state index contributed by atoms with van der Waals surface area (Å²) >= 11 is 0. The van der Waals surface area contributed by atoms with Crippen molar-refractivity contribution in [2.75, 3.05) is 0 Å². The molecule has 0 aliphatic rings. The first-order chi connectivity index (χ1) is 6.35. The molecule has 0 atom stereocenters. The van der Waals surface area contributed by atoms with Crippen LogP contribution in [0.3, 0.4) is 0 Å². The smallest absolute Gasteiger partial charge is 0.361 e. The van der Waals surface area contributed by atoms with Crippen LogP contribution in [0.5, 0.6) is 0 Å². The maximum atomic E-state index is 11.7. The fraction of sp³-hybridized carbons (Fsp3) is 0.750. The molecule has 0 aromatic carbocycles. The summed E-state index contributed by atoms with van der Waals surface area (Å²) in [5.74, 6) is 0. The van der Waals surface area contributed by atoms with E-state index in [1.165, 1.54) is 0 Å². The van der Waals surface area contributed by atoms with Crippen molar-refractivity contribution >= 4 is 6.16 Å². The fourth-order valence-electron chi connectivity index (χ4n) is 0.278. The van der Waals surface area contributed by atoms with Gasteiger partial charge in [0.25, 0.3) is 0 Å². The minimum atomic E-state index is -6.32. The van der Waals surface area contributed by atoms with E-state index in [-0.39, 0.29) is 0 Å². The molecule has 0 heterocycles. The number of carbonyl (C=O) groups excluding carboxylic acids is 1. The van der Waals surface area contributed by atoms with Gasteiger partial charge in [-0.05, 0) is 0 Å². The molecule has 0 rings (SSSR count). The van der Waals surface area contributed by atoms with E-state index in [9.17, 15) is 39.9 Å². The molecule has 0 unspecified atom stereocenters. The van der Waals surface area contributed by atoms with Gasteiger partial charge >= 0.3 is 24.8 Å². The number of halogens is 8. The van der Waals surface area contributed by atoms with Gasteiger partial charge in [-0.3, -0.25) is 0 Å². The first kappa shape index (κ1) is 13.7. The molecular formula is C4F8O3. The van der Waals surface area contributed by atoms with Crippen molar-refractivity contribution in [1.82, 2.24) is 0 Å². The molecule has 0 saturated carbocycles. The normalized spacial score (nSPS) is 13.6. The highest BCUT2D eigenvalue weighted by molar-refractivity contribution is 5.60. The molecular weight excluding hydrogens is 248 g/mol. The molecule has 0 aromatic heterocycles. The molecule has 0 amide bonds. The van der Waals surface area contributed by atoms with Gasteiger partial charge in [-0.15, -0.1) is 13.2 Å². The van der Waals surface area contributed by atoms with Crippen LogP contribution in [0.15, 0.2) is 0 Å². The minimum absolute atomic E-state index is 2.13. The zero-order valence-electron chi connectivity index (χ0n) is 6.25. The molecule has 0 aliphatic heterocycles. The monoisotopic (exact) mass is 248 g/mol. The Morgan fingerprint density at radius 2 is 1.20 bits per heavy atom. The highest BCUT2D eigenvalue weighted by atomic mass is 19.4. The molecule has 0 N–H and O–H groups in total. The van der Waals surface area contributed by atoms with Crippen LogP contribution in [0, 0.1) is 0 Å². The summed E-state index contributed by atoms with van der Waals surface area (Å²) < 4.78 is 94.9. The van der Waals surface area contributed by atoms with Gasteiger partial charge < -0.3 is 9.47 Å². The summed E-state index contributed by atoms with van der Waals surface area (Å²) in [6, 6.07) is 0. The Balaban J connectivity index is 4.43. The lowest BCUT2D eigenvalue weighted by Crippen LogP contribution is -2.41. The summed E-state index contributed by atoms with van der Waals surface area (Å²) in [5, 5.41) is 0. The Bertz CT molecular complexity index is 239. The van der Waals surface area contributed by atoms with Crippen LogP contribution in [0.25, 0.3) is 0 Å². The largest absolute Gasteiger partial charge is 0.577 e. The van der Waals surface area contributed by atoms with Gasteiger partial charge in [0.2, 0.25) is 0 Å². The Morgan fingerprint density at radius 1 is 0.800 bits per heavy atom. The number of alkyl halides is 8. The summed E-state index contributed by atoms with van der Waals surface area (Å²) in [4.78, 5) is 9.78. The van der Waals surface area contributed by atoms with Crippen LogP contribution in [0.4, 0.5) is 39.9 Å². The van der Waals surface area contributed by atoms with Crippen molar-refractivity contribution in [1.29, 1.82) is 0 Å². The summed E-state index contributed by atoms with van der Waals surface area (Å²) in [6.45, 7) is 0. The van der Waals surface area contributed by atoms with E-state index in [4.69, 9.17) is 0 Å². The van der Waals surface area contributed by atoms with Gasteiger partial charge in [0.05, 0.1) is 0 Å². The third-order valence-electron chi connectivity index (χ3n) is 0.741. The molecule has 0 fully saturated rings. The number of hydrogen-bond acceptors (Lipinski definition) is 3. The van der Waals surface area contributed by atoms with Crippen molar-refractivity contribution in [3.8, 4) is 0 Å². The Morgan fingerprint density at radius 3 is 1.47 bits per heavy atom. The van der Waals surface area contributed by atoms with Crippen molar-refractivity contribution < 1.29 is 49.4 Å². The van der Waals surface area contributed by atoms with Gasteiger partial charge in [0.15, 0.2) is 0 Å². The standard InChI is InChI=1S/C4F8O3/c5-2(6,7)3(8,9)14-1(13)15-4(10,11)12. The molecule has 0 bridgehead atoms. The van der Waals surface area contributed by atoms with Gasteiger partial charge in [-0.25, -0.2) is 4.79 Å². The van der Waals surface area contributed by atoms with Gasteiger partial charge in [-0.1, -0.05) is 0 Å². The van der Waals surface area contributed by atoms with Gasteiger partial charge in [-0.2, -0.15) is 22.0 Å². The van der Waals surface area contributed by atoms with E-state index in [2.05, 4.69) is 9.47 Å². The molecule has 90 valence electrons. The van der Waals surface area contributed by atoms with Crippen LogP contribution >= 0.6 is 0 Å². The maximum absolute atomic E-state index is 11.7. The van der Waals surface area contributed by atoms with Crippen molar-refractivity contribution in [3.05, 3.63) is 0 Å². The first-order valence-corrected chi connectivity index (χ1v) is 2.78. The Labute approximate surface area is 75.5 Å². The summed E-state index contributed by atoms with van der Waals surface area (Å²) in [7, 11) is 0. The van der Waals surface area contributed by atoms with Crippen LogP contribution in [0.2, 0.25) is 0 Å². The topological polar surface area (TPSA) is 35.5 Å². The van der Waals surface area contributed by atoms with Gasteiger partial charge in [0, 0.05) is 0 Å². The summed E-state index contributed by atoms with van der Waals surface area (Å²) in [6.07, 6.45) is -21.3. The zero-order chi connectivity index (χ0) is 12.5. The van der Waals surface area contributed by atoms with Crippen LogP contribution in [-0.4, -0.2) is 24.8 Å². The first-order valence-electron chi connectivity index (χ1n) is 2.78. The number of rotatable bonds is 1. The average Bonchev–Trinajstić information content (AvgIpc) is 1.75. The molecule has 0 saturated heterocycles. The number of hydrogen-bond donors (Lipinski definition) is 0. The molecule has 15 heavy (non-hydrogen) atoms. The third-order valence-corrected chi connectivity index (χ3v) is 0.741. The van der Waals surface area contributed by atoms with E-state index < -0.39 is 24.8 Å². The minimum Gasteiger partial charge on any atom is -0.361 e. The van der Waals surface area contributed by atoms with E-state index in [0.29, 0.717) is 0 Å². The lowest BCUT2D eigenvalue weighted by molar-refractivity contribution is -0.385. The van der Waals surface area contributed by atoms with Crippen molar-refractivity contribution in [2.24, 2.45) is 0 Å². The SMILES string of the molecule is O=C(OC(F)(F)F)OC(F)(F)C(F)(F)F. The number of carbonyl (C=O) groups is 1. The van der Waals surface area contributed by atoms with E-state index in [0.717, 1.165) is 0 Å². The summed E-state index contributed by atoms with van der Waals surface area (Å²) in [5.41, 5.74) is 0. The molecule has 0 aromatic rings. The molecule has 0 radical (unpaired) electrons. The van der Waals surface area contributed by atoms with Crippen LogP contribution in [-0.2, 0) is 9.47 Å². The fourth-order valence-corrected chi connectivity index (χ4v) is 0.278. The van der Waals surface area contributed by atoms with E-state index >= 15 is 0 Å². The van der Waals surface area contributed by atoms with Crippen LogP contribution in [0.1, 0.15) is 0 Å². The highest BCUT2D eigenvalue weighted by Gasteiger charge is 2.63. The Hall–Kier alpha value is -1.29. The maximum Gasteiger partial charge on any atom is 0.577 e. The van der Waals surface area contributed by atoms with Crippen LogP contribution < -0.4 is 0 Å². The van der Waals surface area contributed by atoms with E-state index in [1.807, 2.05) is 0 Å². The quantitative estimate of drug-likeness (QED) is 0.528. The lowest BCUT2D eigenvalue weighted by atomic mass is 10.6. The second-order valence-corrected chi connectivity index (χ2v) is 1.91. The van der Waals surface area contributed by atoms with Crippen molar-refractivity contribution in [2.45, 2.75) is 18.6 Å². The molecule has 11 heteroatoms. The predicted molar refractivity (Wildman–Crippen MR) is 24.6 cm³/mol. The number of ether oxygens (including phenoxy) is 2. The third kappa shape index (κ3) is 4.65. The second-order valence-electron chi connectivity index (χ2n) is 1.91. The Kier molecular flexibility index (Phi) is 3.38. The second kappa shape index (κ2) is 3.70. The van der Waals surface area contributed by atoms with Gasteiger partial charge in [0.1, 0.15) is 0 Å². The molecule has 0 spiro atoms. The van der Waals surface area contributed by atoms with Crippen molar-refractivity contribution in [3.63, 3.8) is 0 Å². The lowest BCUT2D eigenvalue weighted by Gasteiger charge is -2.18.